The average molecular weight is 279 g/mol. The van der Waals surface area contributed by atoms with E-state index in [1.807, 2.05) is 25.7 Å². The van der Waals surface area contributed by atoms with Gasteiger partial charge in [0, 0.05) is 18.8 Å². The van der Waals surface area contributed by atoms with Crippen molar-refractivity contribution in [3.05, 3.63) is 34.9 Å². The largest absolute Gasteiger partial charge is 0.342 e. The van der Waals surface area contributed by atoms with Gasteiger partial charge in [0.25, 0.3) is 0 Å². The van der Waals surface area contributed by atoms with Crippen LogP contribution in [0.2, 0.25) is 0 Å². The molecule has 3 heteroatoms. The fourth-order valence-electron chi connectivity index (χ4n) is 2.03. The number of carbonyl (C=O) groups is 1. The number of rotatable bonds is 6. The van der Waals surface area contributed by atoms with Gasteiger partial charge in [0.2, 0.25) is 5.91 Å². The molecule has 1 aromatic carbocycles. The van der Waals surface area contributed by atoms with Gasteiger partial charge >= 0.3 is 0 Å². The lowest BCUT2D eigenvalue weighted by atomic mass is 10.1. The predicted octanol–water partition coefficient (Wildman–Crippen LogP) is 3.79. The summed E-state index contributed by atoms with van der Waals surface area (Å²) < 4.78 is 0. The van der Waals surface area contributed by atoms with Gasteiger partial charge in [0.15, 0.2) is 0 Å². The Morgan fingerprint density at radius 2 is 1.89 bits per heavy atom. The number of hydrogen-bond donors (Lipinski definition) is 0. The van der Waals surface area contributed by atoms with Gasteiger partial charge in [-0.05, 0) is 45.7 Å². The molecule has 0 aromatic heterocycles. The third-order valence-electron chi connectivity index (χ3n) is 3.42. The Balaban J connectivity index is 2.61. The summed E-state index contributed by atoms with van der Waals surface area (Å²) in [5, 5.41) is 0.0276. The van der Waals surface area contributed by atoms with Gasteiger partial charge in [-0.1, -0.05) is 23.8 Å². The Morgan fingerprint density at radius 3 is 2.47 bits per heavy atom. The molecule has 0 aliphatic heterocycles. The van der Waals surface area contributed by atoms with E-state index in [0.717, 1.165) is 18.8 Å². The van der Waals surface area contributed by atoms with Gasteiger partial charge in [-0.25, -0.2) is 0 Å². The first-order valence-electron chi connectivity index (χ1n) is 6.96. The first-order valence-corrected chi connectivity index (χ1v) is 8.01. The van der Waals surface area contributed by atoms with Crippen molar-refractivity contribution < 1.29 is 4.79 Å². The minimum Gasteiger partial charge on any atom is -0.342 e. The highest BCUT2D eigenvalue weighted by atomic mass is 32.2. The maximum absolute atomic E-state index is 12.2. The van der Waals surface area contributed by atoms with Crippen molar-refractivity contribution in [1.29, 1.82) is 0 Å². The quantitative estimate of drug-likeness (QED) is 0.789. The molecule has 1 amide bonds. The maximum Gasteiger partial charge on any atom is 0.235 e. The van der Waals surface area contributed by atoms with Gasteiger partial charge in [-0.2, -0.15) is 0 Å². The van der Waals surface area contributed by atoms with Gasteiger partial charge in [0.05, 0.1) is 5.25 Å². The van der Waals surface area contributed by atoms with E-state index in [1.54, 1.807) is 11.8 Å². The lowest BCUT2D eigenvalue weighted by molar-refractivity contribution is -0.129. The van der Waals surface area contributed by atoms with Crippen LogP contribution in [-0.4, -0.2) is 29.1 Å². The Bertz CT molecular complexity index is 427. The molecule has 19 heavy (non-hydrogen) atoms. The molecule has 106 valence electrons. The van der Waals surface area contributed by atoms with E-state index in [2.05, 4.69) is 32.0 Å². The number of nitrogens with zero attached hydrogens (tertiary/aromatic N) is 1. The highest BCUT2D eigenvalue weighted by molar-refractivity contribution is 7.99. The predicted molar refractivity (Wildman–Crippen MR) is 84.6 cm³/mol. The smallest absolute Gasteiger partial charge is 0.235 e. The molecule has 0 N–H and O–H groups in total. The zero-order valence-corrected chi connectivity index (χ0v) is 13.5. The molecule has 2 nitrogen and oxygen atoms in total. The lowest BCUT2D eigenvalue weighted by Gasteiger charge is -2.22. The van der Waals surface area contributed by atoms with Gasteiger partial charge in [0.1, 0.15) is 0 Å². The Labute approximate surface area is 121 Å². The number of carbonyl (C=O) groups excluding carboxylic acids is 1. The van der Waals surface area contributed by atoms with E-state index in [9.17, 15) is 4.79 Å². The highest BCUT2D eigenvalue weighted by Gasteiger charge is 2.18. The van der Waals surface area contributed by atoms with Crippen molar-refractivity contribution in [3.63, 3.8) is 0 Å². The molecule has 1 unspecified atom stereocenters. The van der Waals surface area contributed by atoms with Crippen molar-refractivity contribution in [2.75, 3.05) is 13.1 Å². The Hall–Kier alpha value is -0.960. The van der Waals surface area contributed by atoms with Crippen LogP contribution in [0, 0.1) is 13.8 Å². The van der Waals surface area contributed by atoms with Crippen molar-refractivity contribution in [1.82, 2.24) is 4.90 Å². The SMILES string of the molecule is CCN(CC)C(=O)C(C)SCc1cc(C)ccc1C. The van der Waals surface area contributed by atoms with Crippen LogP contribution in [0.1, 0.15) is 37.5 Å². The van der Waals surface area contributed by atoms with Crippen molar-refractivity contribution in [3.8, 4) is 0 Å². The molecule has 0 aliphatic carbocycles. The number of aryl methyl sites for hydroxylation is 2. The number of hydrogen-bond acceptors (Lipinski definition) is 2. The first-order chi connectivity index (χ1) is 8.99. The average Bonchev–Trinajstić information content (AvgIpc) is 2.40. The summed E-state index contributed by atoms with van der Waals surface area (Å²) in [5.41, 5.74) is 3.92. The summed E-state index contributed by atoms with van der Waals surface area (Å²) in [6.45, 7) is 11.9. The number of amides is 1. The molecule has 0 fully saturated rings. The first kappa shape index (κ1) is 16.1. The van der Waals surface area contributed by atoms with Crippen LogP contribution in [0.4, 0.5) is 0 Å². The van der Waals surface area contributed by atoms with Gasteiger partial charge < -0.3 is 4.90 Å². The number of benzene rings is 1. The zero-order chi connectivity index (χ0) is 14.4. The standard InChI is InChI=1S/C16H25NOS/c1-6-17(7-2)16(18)14(5)19-11-15-10-12(3)8-9-13(15)4/h8-10,14H,6-7,11H2,1-5H3. The van der Waals surface area contributed by atoms with E-state index in [-0.39, 0.29) is 11.2 Å². The zero-order valence-electron chi connectivity index (χ0n) is 12.7. The lowest BCUT2D eigenvalue weighted by Crippen LogP contribution is -2.36. The third-order valence-corrected chi connectivity index (χ3v) is 4.60. The van der Waals surface area contributed by atoms with Gasteiger partial charge in [-0.15, -0.1) is 11.8 Å². The molecule has 0 bridgehead atoms. The highest BCUT2D eigenvalue weighted by Crippen LogP contribution is 2.22. The topological polar surface area (TPSA) is 20.3 Å². The summed E-state index contributed by atoms with van der Waals surface area (Å²) in [6.07, 6.45) is 0. The van der Waals surface area contributed by atoms with Crippen molar-refractivity contribution >= 4 is 17.7 Å². The molecule has 0 spiro atoms. The summed E-state index contributed by atoms with van der Waals surface area (Å²) >= 11 is 1.73. The van der Waals surface area contributed by atoms with Crippen LogP contribution in [-0.2, 0) is 10.5 Å². The molecular weight excluding hydrogens is 254 g/mol. The number of thioether (sulfide) groups is 1. The van der Waals surface area contributed by atoms with E-state index in [4.69, 9.17) is 0 Å². The van der Waals surface area contributed by atoms with Crippen LogP contribution >= 0.6 is 11.8 Å². The molecule has 0 saturated carbocycles. The Morgan fingerprint density at radius 1 is 1.26 bits per heavy atom. The molecule has 0 radical (unpaired) electrons. The molecule has 1 aromatic rings. The van der Waals surface area contributed by atoms with Crippen molar-refractivity contribution in [2.45, 2.75) is 45.6 Å². The second-order valence-electron chi connectivity index (χ2n) is 4.89. The fraction of sp³-hybridized carbons (Fsp3) is 0.562. The summed E-state index contributed by atoms with van der Waals surface area (Å²) in [7, 11) is 0. The van der Waals surface area contributed by atoms with E-state index >= 15 is 0 Å². The van der Waals surface area contributed by atoms with Crippen molar-refractivity contribution in [2.24, 2.45) is 0 Å². The third kappa shape index (κ3) is 4.57. The fourth-order valence-corrected chi connectivity index (χ4v) is 3.07. The molecule has 0 saturated heterocycles. The second-order valence-corrected chi connectivity index (χ2v) is 6.22. The summed E-state index contributed by atoms with van der Waals surface area (Å²) in [4.78, 5) is 14.1. The van der Waals surface area contributed by atoms with Gasteiger partial charge in [-0.3, -0.25) is 4.79 Å². The monoisotopic (exact) mass is 279 g/mol. The molecule has 1 rings (SSSR count). The van der Waals surface area contributed by atoms with Crippen LogP contribution in [0.5, 0.6) is 0 Å². The van der Waals surface area contributed by atoms with Crippen LogP contribution < -0.4 is 0 Å². The van der Waals surface area contributed by atoms with Crippen LogP contribution in [0.25, 0.3) is 0 Å². The summed E-state index contributed by atoms with van der Waals surface area (Å²) in [6, 6.07) is 6.51. The second kappa shape index (κ2) is 7.59. The maximum atomic E-state index is 12.2. The molecule has 0 heterocycles. The minimum atomic E-state index is 0.0276. The Kier molecular flexibility index (Phi) is 6.43. The van der Waals surface area contributed by atoms with Crippen LogP contribution in [0.3, 0.4) is 0 Å². The van der Waals surface area contributed by atoms with E-state index in [0.29, 0.717) is 0 Å². The van der Waals surface area contributed by atoms with Crippen LogP contribution in [0.15, 0.2) is 18.2 Å². The normalized spacial score (nSPS) is 12.3. The molecule has 1 atom stereocenters. The minimum absolute atomic E-state index is 0.0276. The van der Waals surface area contributed by atoms with E-state index in [1.165, 1.54) is 16.7 Å². The molecule has 0 aliphatic rings. The summed E-state index contributed by atoms with van der Waals surface area (Å²) in [5.74, 6) is 1.15. The van der Waals surface area contributed by atoms with E-state index < -0.39 is 0 Å². The molecular formula is C16H25NOS.